The van der Waals surface area contributed by atoms with Crippen molar-refractivity contribution < 1.29 is 0 Å². The zero-order chi connectivity index (χ0) is 28.9. The van der Waals surface area contributed by atoms with Gasteiger partial charge in [-0.1, -0.05) is 101 Å². The Kier molecular flexibility index (Phi) is 13.4. The third kappa shape index (κ3) is 8.77. The Morgan fingerprint density at radius 3 is 1.30 bits per heavy atom. The summed E-state index contributed by atoms with van der Waals surface area (Å²) in [6, 6.07) is 22.7. The highest BCUT2D eigenvalue weighted by molar-refractivity contribution is 6.30. The maximum Gasteiger partial charge on any atom is 0.0409 e. The molecular formula is C37H53ClN2. The summed E-state index contributed by atoms with van der Waals surface area (Å²) in [6.07, 6.45) is 9.82. The number of aryl methyl sites for hydroxylation is 2. The number of hydrogen-bond donors (Lipinski definition) is 0. The molecule has 3 heteroatoms. The van der Waals surface area contributed by atoms with Gasteiger partial charge in [-0.2, -0.15) is 0 Å². The molecule has 218 valence electrons. The van der Waals surface area contributed by atoms with Gasteiger partial charge in [0.1, 0.15) is 0 Å². The second-order valence-electron chi connectivity index (χ2n) is 11.5. The fourth-order valence-corrected chi connectivity index (χ4v) is 5.99. The summed E-state index contributed by atoms with van der Waals surface area (Å²) >= 11 is 6.54. The molecule has 0 atom stereocenters. The minimum Gasteiger partial charge on any atom is -0.371 e. The molecule has 3 rings (SSSR count). The topological polar surface area (TPSA) is 6.48 Å². The van der Waals surface area contributed by atoms with E-state index in [0.29, 0.717) is 0 Å². The molecule has 3 aromatic rings. The predicted molar refractivity (Wildman–Crippen MR) is 179 cm³/mol. The fraction of sp³-hybridized carbons (Fsp3) is 0.514. The van der Waals surface area contributed by atoms with Crippen molar-refractivity contribution in [2.24, 2.45) is 0 Å². The number of nitrogens with zero attached hydrogens (tertiary/aromatic N) is 2. The van der Waals surface area contributed by atoms with Gasteiger partial charge in [0.05, 0.1) is 0 Å². The van der Waals surface area contributed by atoms with Crippen molar-refractivity contribution >= 4 is 23.0 Å². The first-order valence-corrected chi connectivity index (χ1v) is 16.3. The maximum absolute atomic E-state index is 6.54. The molecule has 0 amide bonds. The van der Waals surface area contributed by atoms with Crippen molar-refractivity contribution in [1.29, 1.82) is 0 Å². The van der Waals surface area contributed by atoms with Crippen molar-refractivity contribution in [2.45, 2.75) is 98.8 Å². The Labute approximate surface area is 250 Å². The third-order valence-corrected chi connectivity index (χ3v) is 8.33. The summed E-state index contributed by atoms with van der Waals surface area (Å²) in [7, 11) is 0. The highest BCUT2D eigenvalue weighted by atomic mass is 35.5. The standard InChI is InChI=1S/C37H53ClN2/c1-7-11-22-39(23-12-8-2)35-20-18-32(26-29(35)5)37(31-16-15-17-34(38)28-31)33-19-21-36(30(6)27-33)40(24-13-9-3)25-14-10-4/h15-21,26-28,37H,7-14,22-25H2,1-6H3. The van der Waals surface area contributed by atoms with Gasteiger partial charge in [0.2, 0.25) is 0 Å². The summed E-state index contributed by atoms with van der Waals surface area (Å²) in [5.74, 6) is 0.138. The van der Waals surface area contributed by atoms with Crippen molar-refractivity contribution in [3.8, 4) is 0 Å². The van der Waals surface area contributed by atoms with E-state index in [1.807, 2.05) is 6.07 Å². The lowest BCUT2D eigenvalue weighted by Crippen LogP contribution is -2.26. The van der Waals surface area contributed by atoms with Crippen LogP contribution in [-0.4, -0.2) is 26.2 Å². The summed E-state index contributed by atoms with van der Waals surface area (Å²) in [6.45, 7) is 18.2. The molecule has 0 aliphatic rings. The van der Waals surface area contributed by atoms with Crippen LogP contribution in [0.25, 0.3) is 0 Å². The van der Waals surface area contributed by atoms with Crippen LogP contribution in [0, 0.1) is 13.8 Å². The van der Waals surface area contributed by atoms with Gasteiger partial charge in [0, 0.05) is 48.5 Å². The lowest BCUT2D eigenvalue weighted by Gasteiger charge is -2.29. The Hall–Kier alpha value is -2.45. The fourth-order valence-electron chi connectivity index (χ4n) is 5.79. The average molecular weight is 561 g/mol. The quantitative estimate of drug-likeness (QED) is 0.151. The van der Waals surface area contributed by atoms with E-state index in [9.17, 15) is 0 Å². The van der Waals surface area contributed by atoms with Crippen LogP contribution < -0.4 is 9.80 Å². The van der Waals surface area contributed by atoms with E-state index in [-0.39, 0.29) is 5.92 Å². The average Bonchev–Trinajstić information content (AvgIpc) is 2.94. The lowest BCUT2D eigenvalue weighted by atomic mass is 9.83. The molecule has 2 nitrogen and oxygen atoms in total. The van der Waals surface area contributed by atoms with Gasteiger partial charge in [-0.05, 0) is 91.6 Å². The molecule has 0 N–H and O–H groups in total. The number of benzene rings is 3. The van der Waals surface area contributed by atoms with Crippen LogP contribution in [-0.2, 0) is 0 Å². The smallest absolute Gasteiger partial charge is 0.0409 e. The third-order valence-electron chi connectivity index (χ3n) is 8.10. The summed E-state index contributed by atoms with van der Waals surface area (Å²) in [5, 5.41) is 0.791. The van der Waals surface area contributed by atoms with Crippen LogP contribution in [0.1, 0.15) is 113 Å². The van der Waals surface area contributed by atoms with Crippen LogP contribution in [0.4, 0.5) is 11.4 Å². The molecule has 0 radical (unpaired) electrons. The predicted octanol–water partition coefficient (Wildman–Crippen LogP) is 11.0. The van der Waals surface area contributed by atoms with Gasteiger partial charge < -0.3 is 9.80 Å². The number of anilines is 2. The molecule has 0 bridgehead atoms. The van der Waals surface area contributed by atoms with E-state index in [1.54, 1.807) is 0 Å². The molecule has 0 unspecified atom stereocenters. The van der Waals surface area contributed by atoms with Crippen LogP contribution in [0.15, 0.2) is 60.7 Å². The molecule has 0 aromatic heterocycles. The van der Waals surface area contributed by atoms with E-state index in [0.717, 1.165) is 31.2 Å². The largest absolute Gasteiger partial charge is 0.371 e. The maximum atomic E-state index is 6.54. The second kappa shape index (κ2) is 16.7. The molecule has 40 heavy (non-hydrogen) atoms. The molecule has 0 aliphatic heterocycles. The van der Waals surface area contributed by atoms with Crippen LogP contribution in [0.3, 0.4) is 0 Å². The molecular weight excluding hydrogens is 508 g/mol. The zero-order valence-corrected chi connectivity index (χ0v) is 26.9. The summed E-state index contributed by atoms with van der Waals surface area (Å²) < 4.78 is 0. The van der Waals surface area contributed by atoms with E-state index in [2.05, 4.69) is 106 Å². The van der Waals surface area contributed by atoms with Crippen LogP contribution in [0.2, 0.25) is 5.02 Å². The SMILES string of the molecule is CCCCN(CCCC)c1ccc(C(c2cccc(Cl)c2)c2ccc(N(CCCC)CCCC)c(C)c2)cc1C. The van der Waals surface area contributed by atoms with Crippen molar-refractivity contribution in [3.63, 3.8) is 0 Å². The van der Waals surface area contributed by atoms with Crippen LogP contribution >= 0.6 is 11.6 Å². The Balaban J connectivity index is 2.03. The summed E-state index contributed by atoms with van der Waals surface area (Å²) in [4.78, 5) is 5.20. The minimum atomic E-state index is 0.138. The second-order valence-corrected chi connectivity index (χ2v) is 11.9. The Morgan fingerprint density at radius 1 is 0.550 bits per heavy atom. The number of hydrogen-bond acceptors (Lipinski definition) is 2. The van der Waals surface area contributed by atoms with E-state index in [4.69, 9.17) is 11.6 Å². The Morgan fingerprint density at radius 2 is 0.950 bits per heavy atom. The van der Waals surface area contributed by atoms with Gasteiger partial charge in [0.15, 0.2) is 0 Å². The van der Waals surface area contributed by atoms with Crippen molar-refractivity contribution in [1.82, 2.24) is 0 Å². The van der Waals surface area contributed by atoms with E-state index >= 15 is 0 Å². The Bertz CT molecular complexity index is 1090. The van der Waals surface area contributed by atoms with Gasteiger partial charge in [-0.15, -0.1) is 0 Å². The highest BCUT2D eigenvalue weighted by Gasteiger charge is 2.21. The van der Waals surface area contributed by atoms with Gasteiger partial charge >= 0.3 is 0 Å². The number of rotatable bonds is 17. The zero-order valence-electron chi connectivity index (χ0n) is 26.1. The van der Waals surface area contributed by atoms with E-state index < -0.39 is 0 Å². The van der Waals surface area contributed by atoms with Crippen molar-refractivity contribution in [2.75, 3.05) is 36.0 Å². The molecule has 0 spiro atoms. The minimum absolute atomic E-state index is 0.138. The summed E-state index contributed by atoms with van der Waals surface area (Å²) in [5.41, 5.74) is 9.38. The van der Waals surface area contributed by atoms with Crippen molar-refractivity contribution in [3.05, 3.63) is 93.5 Å². The van der Waals surface area contributed by atoms with E-state index in [1.165, 1.54) is 90.6 Å². The lowest BCUT2D eigenvalue weighted by molar-refractivity contribution is 0.676. The number of halogens is 1. The highest BCUT2D eigenvalue weighted by Crippen LogP contribution is 2.37. The van der Waals surface area contributed by atoms with Crippen LogP contribution in [0.5, 0.6) is 0 Å². The first-order valence-electron chi connectivity index (χ1n) is 15.9. The molecule has 0 fully saturated rings. The first-order chi connectivity index (χ1) is 19.4. The molecule has 0 heterocycles. The molecule has 3 aromatic carbocycles. The molecule has 0 aliphatic carbocycles. The first kappa shape index (κ1) is 32.1. The van der Waals surface area contributed by atoms with Gasteiger partial charge in [-0.25, -0.2) is 0 Å². The van der Waals surface area contributed by atoms with Gasteiger partial charge in [-0.3, -0.25) is 0 Å². The normalized spacial score (nSPS) is 11.3. The number of unbranched alkanes of at least 4 members (excludes halogenated alkanes) is 4. The van der Waals surface area contributed by atoms with Gasteiger partial charge in [0.25, 0.3) is 0 Å². The molecule has 0 saturated carbocycles. The molecule has 0 saturated heterocycles. The monoisotopic (exact) mass is 560 g/mol.